The maximum Gasteiger partial charge on any atom is 0.224 e. The lowest BCUT2D eigenvalue weighted by Crippen LogP contribution is -2.41. The second-order valence-corrected chi connectivity index (χ2v) is 7.19. The first-order valence-electron chi connectivity index (χ1n) is 5.73. The van der Waals surface area contributed by atoms with Crippen LogP contribution in [-0.4, -0.2) is 49.5 Å². The van der Waals surface area contributed by atoms with Gasteiger partial charge in [-0.05, 0) is 22.9 Å². The van der Waals surface area contributed by atoms with Gasteiger partial charge in [0.05, 0.1) is 16.0 Å². The van der Waals surface area contributed by atoms with Crippen LogP contribution in [0.25, 0.3) is 0 Å². The first-order valence-corrected chi connectivity index (χ1v) is 8.35. The molecule has 0 amide bonds. The van der Waals surface area contributed by atoms with Crippen molar-refractivity contribution in [2.75, 3.05) is 41.4 Å². The maximum absolute atomic E-state index is 11.4. The van der Waals surface area contributed by atoms with E-state index in [0.717, 1.165) is 16.8 Å². The highest BCUT2D eigenvalue weighted by Crippen LogP contribution is 2.25. The standard InChI is InChI=1S/C10H15BrN4O2S/c1-2-12-10-13-7-8(11)9(14-10)15-3-5-18(16,17)6-4-15/h7H,2-6H2,1H3,(H,12,13,14). The van der Waals surface area contributed by atoms with Gasteiger partial charge < -0.3 is 10.2 Å². The van der Waals surface area contributed by atoms with E-state index < -0.39 is 9.84 Å². The molecule has 1 saturated heterocycles. The molecule has 2 rings (SSSR count). The van der Waals surface area contributed by atoms with Crippen LogP contribution < -0.4 is 10.2 Å². The number of anilines is 2. The SMILES string of the molecule is CCNc1ncc(Br)c(N2CCS(=O)(=O)CC2)n1. The Morgan fingerprint density at radius 1 is 1.44 bits per heavy atom. The molecule has 1 aromatic heterocycles. The lowest BCUT2D eigenvalue weighted by atomic mass is 10.4. The number of hydrogen-bond donors (Lipinski definition) is 1. The summed E-state index contributed by atoms with van der Waals surface area (Å²) >= 11 is 3.40. The largest absolute Gasteiger partial charge is 0.354 e. The third-order valence-corrected chi connectivity index (χ3v) is 4.87. The molecule has 1 aliphatic rings. The van der Waals surface area contributed by atoms with Gasteiger partial charge in [0.25, 0.3) is 0 Å². The van der Waals surface area contributed by atoms with Crippen molar-refractivity contribution in [1.82, 2.24) is 9.97 Å². The van der Waals surface area contributed by atoms with Crippen molar-refractivity contribution in [1.29, 1.82) is 0 Å². The molecule has 2 heterocycles. The Morgan fingerprint density at radius 3 is 2.72 bits per heavy atom. The van der Waals surface area contributed by atoms with Gasteiger partial charge >= 0.3 is 0 Å². The first kappa shape index (κ1) is 13.5. The van der Waals surface area contributed by atoms with Crippen molar-refractivity contribution in [3.05, 3.63) is 10.7 Å². The second kappa shape index (κ2) is 5.40. The molecule has 0 aromatic carbocycles. The van der Waals surface area contributed by atoms with Gasteiger partial charge in [-0.3, -0.25) is 0 Å². The fourth-order valence-electron chi connectivity index (χ4n) is 1.75. The molecule has 8 heteroatoms. The molecule has 1 N–H and O–H groups in total. The summed E-state index contributed by atoms with van der Waals surface area (Å²) in [6.45, 7) is 3.67. The molecule has 18 heavy (non-hydrogen) atoms. The van der Waals surface area contributed by atoms with Gasteiger partial charge in [-0.15, -0.1) is 0 Å². The van der Waals surface area contributed by atoms with E-state index in [9.17, 15) is 8.42 Å². The van der Waals surface area contributed by atoms with Crippen LogP contribution in [0.5, 0.6) is 0 Å². The molecule has 0 saturated carbocycles. The van der Waals surface area contributed by atoms with Gasteiger partial charge in [0.2, 0.25) is 5.95 Å². The summed E-state index contributed by atoms with van der Waals surface area (Å²) in [5.41, 5.74) is 0. The van der Waals surface area contributed by atoms with Crippen LogP contribution in [0.2, 0.25) is 0 Å². The Balaban J connectivity index is 2.20. The number of halogens is 1. The number of nitrogens with one attached hydrogen (secondary N) is 1. The van der Waals surface area contributed by atoms with Crippen molar-refractivity contribution in [3.8, 4) is 0 Å². The van der Waals surface area contributed by atoms with Crippen LogP contribution in [-0.2, 0) is 9.84 Å². The summed E-state index contributed by atoms with van der Waals surface area (Å²) in [4.78, 5) is 10.5. The molecule has 6 nitrogen and oxygen atoms in total. The Kier molecular flexibility index (Phi) is 4.06. The first-order chi connectivity index (χ1) is 8.52. The highest BCUT2D eigenvalue weighted by Gasteiger charge is 2.24. The van der Waals surface area contributed by atoms with E-state index >= 15 is 0 Å². The fourth-order valence-corrected chi connectivity index (χ4v) is 3.39. The summed E-state index contributed by atoms with van der Waals surface area (Å²) in [7, 11) is -2.87. The number of rotatable bonds is 3. The van der Waals surface area contributed by atoms with Crippen molar-refractivity contribution < 1.29 is 8.42 Å². The van der Waals surface area contributed by atoms with Gasteiger partial charge in [-0.25, -0.2) is 13.4 Å². The van der Waals surface area contributed by atoms with Gasteiger partial charge in [0.1, 0.15) is 5.82 Å². The van der Waals surface area contributed by atoms with Crippen molar-refractivity contribution in [2.45, 2.75) is 6.92 Å². The molecule has 0 bridgehead atoms. The molecule has 0 unspecified atom stereocenters. The highest BCUT2D eigenvalue weighted by molar-refractivity contribution is 9.10. The summed E-state index contributed by atoms with van der Waals surface area (Å²) in [6.07, 6.45) is 1.68. The summed E-state index contributed by atoms with van der Waals surface area (Å²) in [6, 6.07) is 0. The van der Waals surface area contributed by atoms with Gasteiger partial charge in [-0.2, -0.15) is 4.98 Å². The summed E-state index contributed by atoms with van der Waals surface area (Å²) < 4.78 is 23.6. The molecule has 0 atom stereocenters. The zero-order valence-corrected chi connectivity index (χ0v) is 12.5. The van der Waals surface area contributed by atoms with Crippen LogP contribution in [0.4, 0.5) is 11.8 Å². The van der Waals surface area contributed by atoms with Crippen LogP contribution in [0.15, 0.2) is 10.7 Å². The minimum Gasteiger partial charge on any atom is -0.354 e. The normalized spacial score (nSPS) is 18.7. The minimum atomic E-state index is -2.87. The molecule has 0 spiro atoms. The monoisotopic (exact) mass is 334 g/mol. The van der Waals surface area contributed by atoms with Crippen molar-refractivity contribution >= 4 is 37.5 Å². The minimum absolute atomic E-state index is 0.181. The fraction of sp³-hybridized carbons (Fsp3) is 0.600. The molecule has 0 radical (unpaired) electrons. The zero-order valence-electron chi connectivity index (χ0n) is 10.1. The van der Waals surface area contributed by atoms with Crippen molar-refractivity contribution in [2.24, 2.45) is 0 Å². The molecular formula is C10H15BrN4O2S. The smallest absolute Gasteiger partial charge is 0.224 e. The Hall–Kier alpha value is -0.890. The van der Waals surface area contributed by atoms with Crippen LogP contribution in [0.3, 0.4) is 0 Å². The van der Waals surface area contributed by atoms with Crippen LogP contribution in [0.1, 0.15) is 6.92 Å². The topological polar surface area (TPSA) is 75.2 Å². The lowest BCUT2D eigenvalue weighted by Gasteiger charge is -2.28. The van der Waals surface area contributed by atoms with Crippen LogP contribution >= 0.6 is 15.9 Å². The highest BCUT2D eigenvalue weighted by atomic mass is 79.9. The number of aromatic nitrogens is 2. The number of nitrogens with zero attached hydrogens (tertiary/aromatic N) is 3. The Morgan fingerprint density at radius 2 is 2.11 bits per heavy atom. The predicted molar refractivity (Wildman–Crippen MR) is 74.8 cm³/mol. The van der Waals surface area contributed by atoms with E-state index in [1.807, 2.05) is 11.8 Å². The Labute approximate surface area is 115 Å². The average Bonchev–Trinajstić information content (AvgIpc) is 2.32. The van der Waals surface area contributed by atoms with E-state index in [1.54, 1.807) is 6.20 Å². The quantitative estimate of drug-likeness (QED) is 0.885. The van der Waals surface area contributed by atoms with Gasteiger partial charge in [0, 0.05) is 25.8 Å². The molecule has 1 fully saturated rings. The summed E-state index contributed by atoms with van der Waals surface area (Å²) in [5, 5.41) is 3.04. The molecular weight excluding hydrogens is 320 g/mol. The predicted octanol–water partition coefficient (Wildman–Crippen LogP) is 0.906. The summed E-state index contributed by atoms with van der Waals surface area (Å²) in [5.74, 6) is 1.67. The van der Waals surface area contributed by atoms with E-state index in [2.05, 4.69) is 31.2 Å². The molecule has 100 valence electrons. The van der Waals surface area contributed by atoms with E-state index in [4.69, 9.17) is 0 Å². The molecule has 1 aliphatic heterocycles. The van der Waals surface area contributed by atoms with E-state index in [-0.39, 0.29) is 11.5 Å². The number of hydrogen-bond acceptors (Lipinski definition) is 6. The third-order valence-electron chi connectivity index (χ3n) is 2.70. The van der Waals surface area contributed by atoms with Crippen LogP contribution in [0, 0.1) is 0 Å². The average molecular weight is 335 g/mol. The van der Waals surface area contributed by atoms with Crippen molar-refractivity contribution in [3.63, 3.8) is 0 Å². The maximum atomic E-state index is 11.4. The molecule has 0 aliphatic carbocycles. The van der Waals surface area contributed by atoms with E-state index in [0.29, 0.717) is 19.0 Å². The van der Waals surface area contributed by atoms with Gasteiger partial charge in [0.15, 0.2) is 9.84 Å². The third kappa shape index (κ3) is 3.11. The zero-order chi connectivity index (χ0) is 13.2. The number of sulfone groups is 1. The molecule has 1 aromatic rings. The Bertz CT molecular complexity index is 521. The lowest BCUT2D eigenvalue weighted by molar-refractivity contribution is 0.586. The van der Waals surface area contributed by atoms with Gasteiger partial charge in [-0.1, -0.05) is 0 Å². The second-order valence-electron chi connectivity index (χ2n) is 4.03. The van der Waals surface area contributed by atoms with E-state index in [1.165, 1.54) is 0 Å².